The third-order valence-electron chi connectivity index (χ3n) is 3.98. The zero-order valence-corrected chi connectivity index (χ0v) is 14.2. The molecule has 0 saturated carbocycles. The molecule has 0 amide bonds. The van der Waals surface area contributed by atoms with Crippen LogP contribution in [0, 0.1) is 6.92 Å². The van der Waals surface area contributed by atoms with Gasteiger partial charge in [-0.2, -0.15) is 0 Å². The number of nitrogens with one attached hydrogen (secondary N) is 1. The van der Waals surface area contributed by atoms with Crippen LogP contribution in [0.25, 0.3) is 22.6 Å². The summed E-state index contributed by atoms with van der Waals surface area (Å²) in [6.07, 6.45) is 7.08. The monoisotopic (exact) mass is 336 g/mol. The minimum absolute atomic E-state index is 0.800. The van der Waals surface area contributed by atoms with Gasteiger partial charge in [0.1, 0.15) is 5.69 Å². The number of aryl methyl sites for hydroxylation is 2. The molecule has 1 aromatic carbocycles. The second kappa shape index (κ2) is 5.68. The average Bonchev–Trinajstić information content (AvgIpc) is 3.19. The van der Waals surface area contributed by atoms with E-state index in [1.165, 1.54) is 0 Å². The van der Waals surface area contributed by atoms with Gasteiger partial charge in [0.05, 0.1) is 41.1 Å². The van der Waals surface area contributed by atoms with Gasteiger partial charge in [-0.3, -0.25) is 9.29 Å². The lowest BCUT2D eigenvalue weighted by Crippen LogP contribution is -2.04. The number of fused-ring (bicyclic) bond motifs is 1. The number of hydrogen-bond donors (Lipinski definition) is 2. The van der Waals surface area contributed by atoms with Crippen LogP contribution in [-0.2, 0) is 7.05 Å². The Morgan fingerprint density at radius 2 is 2.08 bits per heavy atom. The van der Waals surface area contributed by atoms with Crippen molar-refractivity contribution in [2.75, 3.05) is 4.31 Å². The first-order chi connectivity index (χ1) is 11.6. The first-order valence-electron chi connectivity index (χ1n) is 7.49. The second-order valence-corrected chi connectivity index (χ2v) is 6.05. The molecule has 120 valence electrons. The van der Waals surface area contributed by atoms with E-state index < -0.39 is 0 Å². The van der Waals surface area contributed by atoms with Crippen LogP contribution in [0.4, 0.5) is 11.4 Å². The number of nitrogens with zero attached hydrogens (tertiary/aromatic N) is 5. The van der Waals surface area contributed by atoms with Crippen LogP contribution < -0.4 is 4.31 Å². The van der Waals surface area contributed by atoms with Crippen molar-refractivity contribution < 1.29 is 0 Å². The second-order valence-electron chi connectivity index (χ2n) is 5.65. The third-order valence-corrected chi connectivity index (χ3v) is 4.42. The lowest BCUT2D eigenvalue weighted by Gasteiger charge is -2.19. The van der Waals surface area contributed by atoms with Gasteiger partial charge in [-0.25, -0.2) is 9.97 Å². The fourth-order valence-corrected chi connectivity index (χ4v) is 3.04. The number of aromatic amines is 1. The molecule has 6 nitrogen and oxygen atoms in total. The fourth-order valence-electron chi connectivity index (χ4n) is 2.71. The summed E-state index contributed by atoms with van der Waals surface area (Å²) in [6, 6.07) is 7.97. The van der Waals surface area contributed by atoms with Gasteiger partial charge in [-0.15, -0.1) is 0 Å². The van der Waals surface area contributed by atoms with Crippen LogP contribution in [0.3, 0.4) is 0 Å². The van der Waals surface area contributed by atoms with E-state index in [0.29, 0.717) is 0 Å². The van der Waals surface area contributed by atoms with E-state index in [2.05, 4.69) is 40.8 Å². The molecule has 3 aromatic heterocycles. The van der Waals surface area contributed by atoms with E-state index in [9.17, 15) is 0 Å². The molecule has 0 saturated heterocycles. The van der Waals surface area contributed by atoms with Gasteiger partial charge in [-0.05, 0) is 36.8 Å². The molecular formula is C17H16N6S. The van der Waals surface area contributed by atoms with Crippen molar-refractivity contribution in [3.63, 3.8) is 0 Å². The number of H-pyrrole nitrogens is 1. The Morgan fingerprint density at radius 3 is 2.79 bits per heavy atom. The van der Waals surface area contributed by atoms with Crippen LogP contribution in [-0.4, -0.2) is 24.5 Å². The van der Waals surface area contributed by atoms with Gasteiger partial charge in [0.15, 0.2) is 5.82 Å². The van der Waals surface area contributed by atoms with E-state index in [1.54, 1.807) is 24.9 Å². The van der Waals surface area contributed by atoms with E-state index in [1.807, 2.05) is 34.1 Å². The average molecular weight is 336 g/mol. The number of anilines is 2. The third kappa shape index (κ3) is 2.43. The van der Waals surface area contributed by atoms with E-state index >= 15 is 0 Å². The molecule has 4 aromatic rings. The van der Waals surface area contributed by atoms with Crippen molar-refractivity contribution in [1.82, 2.24) is 24.5 Å². The van der Waals surface area contributed by atoms with Crippen LogP contribution in [0.15, 0.2) is 49.2 Å². The number of aromatic nitrogens is 5. The maximum Gasteiger partial charge on any atom is 0.156 e. The Balaban J connectivity index is 1.81. The number of rotatable bonds is 3. The summed E-state index contributed by atoms with van der Waals surface area (Å²) in [6.45, 7) is 2.05. The Labute approximate surface area is 144 Å². The summed E-state index contributed by atoms with van der Waals surface area (Å²) >= 11 is 4.63. The van der Waals surface area contributed by atoms with E-state index in [4.69, 9.17) is 4.98 Å². The quantitative estimate of drug-likeness (QED) is 0.561. The lowest BCUT2D eigenvalue weighted by molar-refractivity contribution is 0.913. The van der Waals surface area contributed by atoms with Gasteiger partial charge in [-0.1, -0.05) is 12.8 Å². The normalized spacial score (nSPS) is 11.1. The summed E-state index contributed by atoms with van der Waals surface area (Å²) in [7, 11) is 1.95. The molecule has 1 N–H and O–H groups in total. The number of imidazole rings is 2. The van der Waals surface area contributed by atoms with Crippen molar-refractivity contribution in [3.05, 3.63) is 54.7 Å². The highest BCUT2D eigenvalue weighted by molar-refractivity contribution is 7.82. The molecule has 0 aliphatic carbocycles. The molecule has 4 rings (SSSR count). The molecule has 0 fully saturated rings. The van der Waals surface area contributed by atoms with Gasteiger partial charge in [0.2, 0.25) is 0 Å². The van der Waals surface area contributed by atoms with Crippen molar-refractivity contribution >= 4 is 35.2 Å². The molecular weight excluding hydrogens is 320 g/mol. The minimum Gasteiger partial charge on any atom is -0.337 e. The molecule has 7 heteroatoms. The van der Waals surface area contributed by atoms with Crippen molar-refractivity contribution in [1.29, 1.82) is 0 Å². The SMILES string of the molecule is Cc1cc2[nH]c(-c3cncn3C)nc2cc1N(S)c1cccnc1. The van der Waals surface area contributed by atoms with Crippen molar-refractivity contribution in [3.8, 4) is 11.5 Å². The molecule has 0 atom stereocenters. The fraction of sp³-hybridized carbons (Fsp3) is 0.118. The highest BCUT2D eigenvalue weighted by Crippen LogP contribution is 2.33. The zero-order valence-electron chi connectivity index (χ0n) is 13.3. The smallest absolute Gasteiger partial charge is 0.156 e. The topological polar surface area (TPSA) is 62.6 Å². The van der Waals surface area contributed by atoms with Crippen LogP contribution in [0.1, 0.15) is 5.56 Å². The van der Waals surface area contributed by atoms with Gasteiger partial charge < -0.3 is 9.55 Å². The minimum atomic E-state index is 0.800. The number of pyridine rings is 1. The Hall–Kier alpha value is -2.80. The van der Waals surface area contributed by atoms with Gasteiger partial charge in [0, 0.05) is 13.2 Å². The molecule has 0 aliphatic rings. The predicted octanol–water partition coefficient (Wildman–Crippen LogP) is 3.65. The van der Waals surface area contributed by atoms with Gasteiger partial charge in [0.25, 0.3) is 0 Å². The van der Waals surface area contributed by atoms with E-state index in [0.717, 1.165) is 39.5 Å². The predicted molar refractivity (Wildman–Crippen MR) is 98.4 cm³/mol. The highest BCUT2D eigenvalue weighted by atomic mass is 32.1. The standard InChI is InChI=1S/C17H16N6S/c1-11-6-13-14(21-17(20-13)16-9-19-10-22(16)2)7-15(11)23(24)12-4-3-5-18-8-12/h3-10,24H,1-2H3,(H,20,21). The zero-order chi connectivity index (χ0) is 16.7. The Bertz CT molecular complexity index is 1000. The Kier molecular flexibility index (Phi) is 3.50. The molecule has 0 aliphatic heterocycles. The van der Waals surface area contributed by atoms with Crippen LogP contribution in [0.2, 0.25) is 0 Å². The molecule has 0 unspecified atom stereocenters. The van der Waals surface area contributed by atoms with Crippen molar-refractivity contribution in [2.45, 2.75) is 6.92 Å². The Morgan fingerprint density at radius 1 is 1.21 bits per heavy atom. The maximum atomic E-state index is 4.70. The molecule has 0 spiro atoms. The summed E-state index contributed by atoms with van der Waals surface area (Å²) in [5, 5.41) is 0. The summed E-state index contributed by atoms with van der Waals surface area (Å²) < 4.78 is 3.76. The maximum absolute atomic E-state index is 4.70. The number of thiol groups is 1. The van der Waals surface area contributed by atoms with Crippen LogP contribution >= 0.6 is 12.8 Å². The molecule has 3 heterocycles. The molecule has 0 radical (unpaired) electrons. The van der Waals surface area contributed by atoms with Crippen molar-refractivity contribution in [2.24, 2.45) is 7.05 Å². The summed E-state index contributed by atoms with van der Waals surface area (Å²) in [4.78, 5) is 16.4. The molecule has 24 heavy (non-hydrogen) atoms. The number of benzene rings is 1. The van der Waals surface area contributed by atoms with Crippen LogP contribution in [0.5, 0.6) is 0 Å². The first kappa shape index (κ1) is 14.8. The highest BCUT2D eigenvalue weighted by Gasteiger charge is 2.14. The lowest BCUT2D eigenvalue weighted by atomic mass is 10.1. The number of hydrogen-bond acceptors (Lipinski definition) is 5. The van der Waals surface area contributed by atoms with Gasteiger partial charge >= 0.3 is 0 Å². The van der Waals surface area contributed by atoms with E-state index in [-0.39, 0.29) is 0 Å². The largest absolute Gasteiger partial charge is 0.337 e. The first-order valence-corrected chi connectivity index (χ1v) is 7.89. The molecule has 0 bridgehead atoms. The summed E-state index contributed by atoms with van der Waals surface area (Å²) in [5.41, 5.74) is 5.80. The summed E-state index contributed by atoms with van der Waals surface area (Å²) in [5.74, 6) is 0.800.